The van der Waals surface area contributed by atoms with Crippen molar-refractivity contribution in [2.24, 2.45) is 0 Å². The van der Waals surface area contributed by atoms with E-state index in [0.29, 0.717) is 23.0 Å². The van der Waals surface area contributed by atoms with Gasteiger partial charge in [0.05, 0.1) is 19.8 Å². The first-order valence-corrected chi connectivity index (χ1v) is 10.8. The van der Waals surface area contributed by atoms with E-state index in [1.165, 1.54) is 11.3 Å². The Labute approximate surface area is 181 Å². The fourth-order valence-electron chi connectivity index (χ4n) is 3.40. The molecule has 0 aliphatic heterocycles. The van der Waals surface area contributed by atoms with Gasteiger partial charge < -0.3 is 9.47 Å². The molecule has 158 valence electrons. The lowest BCUT2D eigenvalue weighted by molar-refractivity contribution is 0.0983. The van der Waals surface area contributed by atoms with Crippen LogP contribution in [0.15, 0.2) is 36.4 Å². The normalized spacial score (nSPS) is 10.7. The minimum Gasteiger partial charge on any atom is -0.496 e. The predicted octanol–water partition coefficient (Wildman–Crippen LogP) is 5.29. The molecule has 0 fully saturated rings. The maximum atomic E-state index is 13.3. The van der Waals surface area contributed by atoms with E-state index in [4.69, 9.17) is 9.47 Å². The van der Waals surface area contributed by atoms with Crippen molar-refractivity contribution in [2.45, 2.75) is 33.6 Å². The third kappa shape index (κ3) is 4.46. The smallest absolute Gasteiger partial charge is 0.263 e. The van der Waals surface area contributed by atoms with Crippen molar-refractivity contribution < 1.29 is 14.3 Å². The van der Waals surface area contributed by atoms with Crippen LogP contribution in [0, 0.1) is 13.8 Å². The second-order valence-electron chi connectivity index (χ2n) is 7.04. The van der Waals surface area contributed by atoms with Crippen LogP contribution in [0.25, 0.3) is 10.6 Å². The van der Waals surface area contributed by atoms with Crippen LogP contribution in [0.2, 0.25) is 0 Å². The van der Waals surface area contributed by atoms with Gasteiger partial charge in [0.15, 0.2) is 0 Å². The number of amides is 1. The van der Waals surface area contributed by atoms with Gasteiger partial charge in [-0.05, 0) is 55.7 Å². The van der Waals surface area contributed by atoms with Crippen LogP contribution < -0.4 is 14.4 Å². The molecule has 3 aromatic rings. The molecule has 6 nitrogen and oxygen atoms in total. The number of carbonyl (C=O) groups excluding carboxylic acids is 1. The molecule has 0 radical (unpaired) electrons. The number of rotatable bonds is 8. The van der Waals surface area contributed by atoms with Crippen molar-refractivity contribution >= 4 is 22.4 Å². The van der Waals surface area contributed by atoms with E-state index in [0.717, 1.165) is 40.3 Å². The first kappa shape index (κ1) is 21.8. The molecule has 0 bridgehead atoms. The van der Waals surface area contributed by atoms with Crippen molar-refractivity contribution in [3.05, 3.63) is 53.1 Å². The van der Waals surface area contributed by atoms with Crippen LogP contribution in [-0.2, 0) is 0 Å². The molecule has 0 spiro atoms. The number of para-hydroxylation sites is 1. The standard InChI is InChI=1S/C23H27N3O3S/c1-6-7-12-26(22(27)18-10-8-9-11-19(18)28-4)23-25-24-21(30-23)17-13-15(2)20(29-5)16(3)14-17/h8-11,13-14H,6-7,12H2,1-5H3. The Morgan fingerprint density at radius 1 is 1.07 bits per heavy atom. The number of hydrogen-bond donors (Lipinski definition) is 0. The van der Waals surface area contributed by atoms with E-state index < -0.39 is 0 Å². The van der Waals surface area contributed by atoms with Crippen LogP contribution in [-0.4, -0.2) is 36.9 Å². The first-order chi connectivity index (χ1) is 14.5. The highest BCUT2D eigenvalue weighted by atomic mass is 32.1. The summed E-state index contributed by atoms with van der Waals surface area (Å²) in [6.45, 7) is 6.69. The summed E-state index contributed by atoms with van der Waals surface area (Å²) >= 11 is 1.41. The van der Waals surface area contributed by atoms with Crippen molar-refractivity contribution in [2.75, 3.05) is 25.7 Å². The molecule has 30 heavy (non-hydrogen) atoms. The molecule has 2 aromatic carbocycles. The highest BCUT2D eigenvalue weighted by molar-refractivity contribution is 7.18. The molecule has 0 aliphatic carbocycles. The first-order valence-electron chi connectivity index (χ1n) is 9.94. The summed E-state index contributed by atoms with van der Waals surface area (Å²) in [5.41, 5.74) is 3.56. The average Bonchev–Trinajstić information content (AvgIpc) is 3.23. The van der Waals surface area contributed by atoms with Gasteiger partial charge in [-0.2, -0.15) is 0 Å². The number of carbonyl (C=O) groups is 1. The molecule has 0 saturated carbocycles. The number of unbranched alkanes of at least 4 members (excludes halogenated alkanes) is 1. The van der Waals surface area contributed by atoms with Gasteiger partial charge in [-0.15, -0.1) is 10.2 Å². The van der Waals surface area contributed by atoms with Crippen molar-refractivity contribution in [1.29, 1.82) is 0 Å². The molecular weight excluding hydrogens is 398 g/mol. The Kier molecular flexibility index (Phi) is 7.05. The topological polar surface area (TPSA) is 64.6 Å². The Morgan fingerprint density at radius 3 is 2.40 bits per heavy atom. The van der Waals surface area contributed by atoms with Crippen LogP contribution >= 0.6 is 11.3 Å². The summed E-state index contributed by atoms with van der Waals surface area (Å²) in [6, 6.07) is 11.3. The second-order valence-corrected chi connectivity index (χ2v) is 8.00. The predicted molar refractivity (Wildman–Crippen MR) is 121 cm³/mol. The second kappa shape index (κ2) is 9.71. The summed E-state index contributed by atoms with van der Waals surface area (Å²) < 4.78 is 10.8. The van der Waals surface area contributed by atoms with E-state index in [-0.39, 0.29) is 5.91 Å². The summed E-state index contributed by atoms with van der Waals surface area (Å²) in [7, 11) is 3.24. The SMILES string of the molecule is CCCCN(C(=O)c1ccccc1OC)c1nnc(-c2cc(C)c(OC)c(C)c2)s1. The number of aromatic nitrogens is 2. The van der Waals surface area contributed by atoms with Crippen LogP contribution in [0.1, 0.15) is 41.3 Å². The lowest BCUT2D eigenvalue weighted by Gasteiger charge is -2.20. The number of ether oxygens (including phenoxy) is 2. The van der Waals surface area contributed by atoms with Crippen LogP contribution in [0.4, 0.5) is 5.13 Å². The van der Waals surface area contributed by atoms with E-state index in [1.54, 1.807) is 31.3 Å². The molecule has 0 atom stereocenters. The number of nitrogens with zero attached hydrogens (tertiary/aromatic N) is 3. The number of anilines is 1. The number of aryl methyl sites for hydroxylation is 2. The third-order valence-corrected chi connectivity index (χ3v) is 5.87. The third-order valence-electron chi connectivity index (χ3n) is 4.87. The van der Waals surface area contributed by atoms with Gasteiger partial charge in [0, 0.05) is 12.1 Å². The monoisotopic (exact) mass is 425 g/mol. The number of hydrogen-bond acceptors (Lipinski definition) is 6. The highest BCUT2D eigenvalue weighted by Crippen LogP contribution is 2.34. The Morgan fingerprint density at radius 2 is 1.77 bits per heavy atom. The van der Waals surface area contributed by atoms with Gasteiger partial charge in [-0.3, -0.25) is 9.69 Å². The van der Waals surface area contributed by atoms with E-state index in [9.17, 15) is 4.79 Å². The van der Waals surface area contributed by atoms with E-state index >= 15 is 0 Å². The quantitative estimate of drug-likeness (QED) is 0.491. The zero-order chi connectivity index (χ0) is 21.7. The Bertz CT molecular complexity index is 1010. The molecule has 1 amide bonds. The molecule has 7 heteroatoms. The summed E-state index contributed by atoms with van der Waals surface area (Å²) in [5.74, 6) is 1.29. The molecule has 0 N–H and O–H groups in total. The molecule has 0 saturated heterocycles. The largest absolute Gasteiger partial charge is 0.496 e. The zero-order valence-corrected chi connectivity index (χ0v) is 18.9. The van der Waals surface area contributed by atoms with Crippen LogP contribution in [0.5, 0.6) is 11.5 Å². The van der Waals surface area contributed by atoms with Crippen molar-refractivity contribution in [3.63, 3.8) is 0 Å². The Hall–Kier alpha value is -2.93. The van der Waals surface area contributed by atoms with Gasteiger partial charge in [-0.25, -0.2) is 0 Å². The van der Waals surface area contributed by atoms with Gasteiger partial charge >= 0.3 is 0 Å². The van der Waals surface area contributed by atoms with Gasteiger partial charge in [0.2, 0.25) is 5.13 Å². The molecule has 3 rings (SSSR count). The summed E-state index contributed by atoms with van der Waals surface area (Å²) in [4.78, 5) is 15.0. The van der Waals surface area contributed by atoms with Gasteiger partial charge in [-0.1, -0.05) is 36.8 Å². The Balaban J connectivity index is 1.97. The minimum absolute atomic E-state index is 0.134. The number of benzene rings is 2. The highest BCUT2D eigenvalue weighted by Gasteiger charge is 2.24. The fourth-order valence-corrected chi connectivity index (χ4v) is 4.26. The van der Waals surface area contributed by atoms with Gasteiger partial charge in [0.25, 0.3) is 5.91 Å². The van der Waals surface area contributed by atoms with Crippen molar-refractivity contribution in [3.8, 4) is 22.1 Å². The maximum Gasteiger partial charge on any atom is 0.263 e. The van der Waals surface area contributed by atoms with E-state index in [1.807, 2.05) is 38.1 Å². The molecule has 0 aliphatic rings. The number of methoxy groups -OCH3 is 2. The van der Waals surface area contributed by atoms with Gasteiger partial charge in [0.1, 0.15) is 16.5 Å². The molecule has 0 unspecified atom stereocenters. The van der Waals surface area contributed by atoms with E-state index in [2.05, 4.69) is 17.1 Å². The average molecular weight is 426 g/mol. The zero-order valence-electron chi connectivity index (χ0n) is 18.1. The molecule has 1 aromatic heterocycles. The fraction of sp³-hybridized carbons (Fsp3) is 0.348. The molecule has 1 heterocycles. The van der Waals surface area contributed by atoms with Crippen LogP contribution in [0.3, 0.4) is 0 Å². The summed E-state index contributed by atoms with van der Waals surface area (Å²) in [6.07, 6.45) is 1.84. The lowest BCUT2D eigenvalue weighted by Crippen LogP contribution is -2.32. The summed E-state index contributed by atoms with van der Waals surface area (Å²) in [5, 5.41) is 10.1. The lowest BCUT2D eigenvalue weighted by atomic mass is 10.1. The maximum absolute atomic E-state index is 13.3. The molecular formula is C23H27N3O3S. The minimum atomic E-state index is -0.134. The van der Waals surface area contributed by atoms with Crippen molar-refractivity contribution in [1.82, 2.24) is 10.2 Å².